The van der Waals surface area contributed by atoms with Crippen LogP contribution < -0.4 is 0 Å². The van der Waals surface area contributed by atoms with Crippen LogP contribution in [0.15, 0.2) is 34.5 Å². The topological polar surface area (TPSA) is 49.7 Å². The van der Waals surface area contributed by atoms with E-state index in [0.717, 1.165) is 11.3 Å². The number of carboxylic acid groups (broad SMARTS) is 1. The molecule has 0 fully saturated rings. The van der Waals surface area contributed by atoms with Gasteiger partial charge < -0.3 is 5.11 Å². The van der Waals surface area contributed by atoms with E-state index in [-0.39, 0.29) is 11.6 Å². The van der Waals surface area contributed by atoms with Gasteiger partial charge in [0, 0.05) is 23.0 Å². The molecule has 1 aromatic carbocycles. The summed E-state index contributed by atoms with van der Waals surface area (Å²) in [6, 6.07) is 5.47. The van der Waals surface area contributed by atoms with Crippen LogP contribution in [0.4, 0.5) is 0 Å². The predicted molar refractivity (Wildman–Crippen MR) is 114 cm³/mol. The minimum atomic E-state index is -0.938. The molecule has 0 spiro atoms. The van der Waals surface area contributed by atoms with Gasteiger partial charge in [-0.1, -0.05) is 71.0 Å². The fourth-order valence-corrected chi connectivity index (χ4v) is 8.06. The number of hydrogen-bond donors (Lipinski definition) is 1. The Balaban J connectivity index is 2.78. The molecule has 2 atom stereocenters. The van der Waals surface area contributed by atoms with Crippen LogP contribution in [0.3, 0.4) is 0 Å². The lowest BCUT2D eigenvalue weighted by atomic mass is 9.83. The van der Waals surface area contributed by atoms with E-state index < -0.39 is 13.9 Å². The highest BCUT2D eigenvalue weighted by atomic mass is 35.5. The van der Waals surface area contributed by atoms with Crippen LogP contribution in [0, 0.1) is 0 Å². The van der Waals surface area contributed by atoms with E-state index in [1.807, 2.05) is 19.1 Å². The standard InChI is InChI=1S/C20H26Cl2NO2P/c1-10(2)26(11(3)4)19-13(6)23-12(5)16(20(24)25)17(19)14-8-7-9-15(21)18(14)22/h7-11,17,19H,1-6H3,(H,24,25). The Bertz CT molecular complexity index is 763. The number of aliphatic imine (C=N–C) groups is 1. The van der Waals surface area contributed by atoms with Crippen molar-refractivity contribution in [2.75, 3.05) is 0 Å². The molecule has 26 heavy (non-hydrogen) atoms. The molecule has 1 heterocycles. The molecular weight excluding hydrogens is 388 g/mol. The first kappa shape index (κ1) is 21.4. The van der Waals surface area contributed by atoms with Crippen LogP contribution >= 0.6 is 31.1 Å². The molecule has 0 amide bonds. The number of hydrogen-bond acceptors (Lipinski definition) is 2. The molecule has 1 N–H and O–H groups in total. The second-order valence-corrected chi connectivity index (χ2v) is 11.6. The third kappa shape index (κ3) is 4.01. The van der Waals surface area contributed by atoms with Crippen molar-refractivity contribution in [3.05, 3.63) is 45.1 Å². The molecule has 1 aliphatic rings. The summed E-state index contributed by atoms with van der Waals surface area (Å²) < 4.78 is 0. The summed E-state index contributed by atoms with van der Waals surface area (Å²) in [6.45, 7) is 12.6. The van der Waals surface area contributed by atoms with Crippen molar-refractivity contribution >= 4 is 42.8 Å². The number of benzene rings is 1. The summed E-state index contributed by atoms with van der Waals surface area (Å²) in [5, 5.41) is 10.9. The van der Waals surface area contributed by atoms with E-state index in [0.29, 0.717) is 32.6 Å². The van der Waals surface area contributed by atoms with E-state index in [1.54, 1.807) is 13.0 Å². The lowest BCUT2D eigenvalue weighted by Crippen LogP contribution is -2.36. The molecule has 3 nitrogen and oxygen atoms in total. The second kappa shape index (κ2) is 8.42. The number of carbonyl (C=O) groups is 1. The average Bonchev–Trinajstić information content (AvgIpc) is 2.51. The van der Waals surface area contributed by atoms with Gasteiger partial charge in [-0.3, -0.25) is 4.99 Å². The highest BCUT2D eigenvalue weighted by Gasteiger charge is 2.43. The van der Waals surface area contributed by atoms with E-state index in [4.69, 9.17) is 23.2 Å². The van der Waals surface area contributed by atoms with Gasteiger partial charge in [0.15, 0.2) is 0 Å². The van der Waals surface area contributed by atoms with Crippen molar-refractivity contribution in [2.45, 2.75) is 64.4 Å². The zero-order valence-corrected chi connectivity index (χ0v) is 18.5. The van der Waals surface area contributed by atoms with E-state index >= 15 is 0 Å². The van der Waals surface area contributed by atoms with Crippen LogP contribution in [0.2, 0.25) is 10.0 Å². The van der Waals surface area contributed by atoms with Crippen LogP contribution in [0.25, 0.3) is 0 Å². The third-order valence-corrected chi connectivity index (χ3v) is 9.38. The van der Waals surface area contributed by atoms with Crippen molar-refractivity contribution in [1.82, 2.24) is 0 Å². The maximum Gasteiger partial charge on any atom is 0.334 e. The van der Waals surface area contributed by atoms with Gasteiger partial charge in [-0.25, -0.2) is 4.79 Å². The van der Waals surface area contributed by atoms with Gasteiger partial charge >= 0.3 is 5.97 Å². The largest absolute Gasteiger partial charge is 0.478 e. The maximum atomic E-state index is 12.2. The van der Waals surface area contributed by atoms with Crippen LogP contribution in [0.5, 0.6) is 0 Å². The van der Waals surface area contributed by atoms with Gasteiger partial charge in [0.25, 0.3) is 0 Å². The summed E-state index contributed by atoms with van der Waals surface area (Å²) in [7, 11) is -0.522. The number of allylic oxidation sites excluding steroid dienone is 1. The minimum Gasteiger partial charge on any atom is -0.478 e. The number of aliphatic carboxylic acids is 1. The molecule has 1 aromatic rings. The van der Waals surface area contributed by atoms with Crippen molar-refractivity contribution in [1.29, 1.82) is 0 Å². The Kier molecular flexibility index (Phi) is 6.93. The SMILES string of the molecule is CC1=NC(C)=C(C(=O)O)C(c2cccc(Cl)c2Cl)C1P(C(C)C)C(C)C. The monoisotopic (exact) mass is 413 g/mol. The third-order valence-electron chi connectivity index (χ3n) is 4.85. The lowest BCUT2D eigenvalue weighted by Gasteiger charge is -2.42. The van der Waals surface area contributed by atoms with Gasteiger partial charge in [-0.2, -0.15) is 0 Å². The zero-order valence-electron chi connectivity index (χ0n) is 16.0. The summed E-state index contributed by atoms with van der Waals surface area (Å²) in [5.41, 5.74) is 3.55. The quantitative estimate of drug-likeness (QED) is 0.554. The molecule has 0 radical (unpaired) electrons. The zero-order chi connectivity index (χ0) is 19.8. The molecule has 0 aromatic heterocycles. The van der Waals surface area contributed by atoms with Crippen LogP contribution in [0.1, 0.15) is 53.0 Å². The van der Waals surface area contributed by atoms with Gasteiger partial charge in [0.1, 0.15) is 0 Å². The molecule has 0 saturated heterocycles. The molecule has 0 aliphatic carbocycles. The number of halogens is 2. The molecule has 0 saturated carbocycles. The molecule has 0 bridgehead atoms. The highest BCUT2D eigenvalue weighted by molar-refractivity contribution is 7.61. The first-order chi connectivity index (χ1) is 12.1. The van der Waals surface area contributed by atoms with E-state index in [9.17, 15) is 9.90 Å². The molecule has 2 rings (SSSR count). The highest BCUT2D eigenvalue weighted by Crippen LogP contribution is 2.59. The number of rotatable bonds is 5. The van der Waals surface area contributed by atoms with E-state index in [2.05, 4.69) is 32.7 Å². The first-order valence-corrected chi connectivity index (χ1v) is 11.1. The molecule has 1 aliphatic heterocycles. The Morgan fingerprint density at radius 3 is 2.23 bits per heavy atom. The summed E-state index contributed by atoms with van der Waals surface area (Å²) in [5.74, 6) is -1.28. The Hall–Kier alpha value is -0.890. The number of carboxylic acids is 1. The van der Waals surface area contributed by atoms with Crippen molar-refractivity contribution in [3.63, 3.8) is 0 Å². The minimum absolute atomic E-state index is 0.0239. The maximum absolute atomic E-state index is 12.2. The Labute approximate surface area is 167 Å². The second-order valence-electron chi connectivity index (χ2n) is 7.26. The Morgan fingerprint density at radius 1 is 1.15 bits per heavy atom. The van der Waals surface area contributed by atoms with Crippen LogP contribution in [-0.2, 0) is 4.79 Å². The van der Waals surface area contributed by atoms with Gasteiger partial charge in [-0.05, 0) is 36.8 Å². The molecular formula is C20H26Cl2NO2P. The summed E-state index contributed by atoms with van der Waals surface area (Å²) >= 11 is 12.8. The fraction of sp³-hybridized carbons (Fsp3) is 0.500. The summed E-state index contributed by atoms with van der Waals surface area (Å²) in [4.78, 5) is 16.8. The number of nitrogens with zero attached hydrogens (tertiary/aromatic N) is 1. The van der Waals surface area contributed by atoms with Crippen molar-refractivity contribution < 1.29 is 9.90 Å². The van der Waals surface area contributed by atoms with Gasteiger partial charge in [0.2, 0.25) is 0 Å². The predicted octanol–water partition coefficient (Wildman–Crippen LogP) is 6.58. The molecule has 142 valence electrons. The van der Waals surface area contributed by atoms with Crippen LogP contribution in [-0.4, -0.2) is 33.8 Å². The summed E-state index contributed by atoms with van der Waals surface area (Å²) in [6.07, 6.45) is 0. The normalized spacial score (nSPS) is 21.0. The molecule has 6 heteroatoms. The smallest absolute Gasteiger partial charge is 0.334 e. The van der Waals surface area contributed by atoms with Gasteiger partial charge in [-0.15, -0.1) is 0 Å². The molecule has 2 unspecified atom stereocenters. The lowest BCUT2D eigenvalue weighted by molar-refractivity contribution is -0.133. The average molecular weight is 414 g/mol. The van der Waals surface area contributed by atoms with Crippen molar-refractivity contribution in [3.8, 4) is 0 Å². The van der Waals surface area contributed by atoms with Crippen molar-refractivity contribution in [2.24, 2.45) is 4.99 Å². The fourth-order valence-electron chi connectivity index (χ4n) is 4.02. The first-order valence-electron chi connectivity index (χ1n) is 8.78. The van der Waals surface area contributed by atoms with Gasteiger partial charge in [0.05, 0.1) is 15.6 Å². The van der Waals surface area contributed by atoms with E-state index in [1.165, 1.54) is 0 Å². The Morgan fingerprint density at radius 2 is 1.73 bits per heavy atom.